The summed E-state index contributed by atoms with van der Waals surface area (Å²) in [6.07, 6.45) is 6.01. The van der Waals surface area contributed by atoms with E-state index in [0.29, 0.717) is 0 Å². The summed E-state index contributed by atoms with van der Waals surface area (Å²) in [4.78, 5) is 2.37. The number of nitrogens with zero attached hydrogens (tertiary/aromatic N) is 1. The highest BCUT2D eigenvalue weighted by atomic mass is 16.5. The SMILES string of the molecule is CC1CCCC(C(N)c2ccc3c(c2)CCO3)(N(C)C)C1. The fourth-order valence-corrected chi connectivity index (χ4v) is 4.24. The number of benzene rings is 1. The average Bonchev–Trinajstić information content (AvgIpc) is 2.93. The molecule has 1 saturated carbocycles. The van der Waals surface area contributed by atoms with Crippen LogP contribution < -0.4 is 10.5 Å². The molecule has 1 aliphatic heterocycles. The van der Waals surface area contributed by atoms with E-state index < -0.39 is 0 Å². The third-order valence-electron chi connectivity index (χ3n) is 5.55. The van der Waals surface area contributed by atoms with Crippen LogP contribution in [0.4, 0.5) is 0 Å². The summed E-state index contributed by atoms with van der Waals surface area (Å²) < 4.78 is 5.62. The van der Waals surface area contributed by atoms with Crippen molar-refractivity contribution in [3.63, 3.8) is 0 Å². The van der Waals surface area contributed by atoms with Crippen LogP contribution in [-0.2, 0) is 6.42 Å². The topological polar surface area (TPSA) is 38.5 Å². The van der Waals surface area contributed by atoms with Crippen molar-refractivity contribution < 1.29 is 4.74 Å². The molecule has 1 aromatic rings. The lowest BCUT2D eigenvalue weighted by atomic mass is 9.70. The first-order valence-electron chi connectivity index (χ1n) is 8.21. The number of likely N-dealkylation sites (N-methyl/N-ethyl adjacent to an activating group) is 1. The highest BCUT2D eigenvalue weighted by molar-refractivity contribution is 5.41. The van der Waals surface area contributed by atoms with Crippen molar-refractivity contribution in [3.8, 4) is 5.75 Å². The Balaban J connectivity index is 1.92. The van der Waals surface area contributed by atoms with E-state index in [2.05, 4.69) is 44.1 Å². The Morgan fingerprint density at radius 1 is 1.38 bits per heavy atom. The summed E-state index contributed by atoms with van der Waals surface area (Å²) in [7, 11) is 4.38. The predicted molar refractivity (Wildman–Crippen MR) is 86.6 cm³/mol. The Morgan fingerprint density at radius 2 is 2.19 bits per heavy atom. The summed E-state index contributed by atoms with van der Waals surface area (Å²) in [5.74, 6) is 1.80. The minimum atomic E-state index is 0.0705. The molecule has 116 valence electrons. The maximum Gasteiger partial charge on any atom is 0.122 e. The van der Waals surface area contributed by atoms with Gasteiger partial charge in [0.25, 0.3) is 0 Å². The number of rotatable bonds is 3. The summed E-state index contributed by atoms with van der Waals surface area (Å²) in [6.45, 7) is 3.17. The Labute approximate surface area is 128 Å². The fraction of sp³-hybridized carbons (Fsp3) is 0.667. The molecule has 2 N–H and O–H groups in total. The van der Waals surface area contributed by atoms with Gasteiger partial charge in [0.1, 0.15) is 5.75 Å². The highest BCUT2D eigenvalue weighted by Gasteiger charge is 2.42. The zero-order chi connectivity index (χ0) is 15.0. The lowest BCUT2D eigenvalue weighted by Crippen LogP contribution is -2.54. The largest absolute Gasteiger partial charge is 0.493 e. The van der Waals surface area contributed by atoms with Crippen LogP contribution in [0.1, 0.15) is 49.8 Å². The van der Waals surface area contributed by atoms with Crippen LogP contribution in [0.25, 0.3) is 0 Å². The third-order valence-corrected chi connectivity index (χ3v) is 5.55. The molecule has 0 radical (unpaired) electrons. The van der Waals surface area contributed by atoms with Crippen molar-refractivity contribution in [2.75, 3.05) is 20.7 Å². The quantitative estimate of drug-likeness (QED) is 0.928. The van der Waals surface area contributed by atoms with E-state index in [1.807, 2.05) is 0 Å². The van der Waals surface area contributed by atoms with Gasteiger partial charge in [-0.3, -0.25) is 0 Å². The van der Waals surface area contributed by atoms with Gasteiger partial charge in [0.2, 0.25) is 0 Å². The molecule has 1 aliphatic carbocycles. The first-order chi connectivity index (χ1) is 10.0. The second kappa shape index (κ2) is 5.62. The Kier molecular flexibility index (Phi) is 3.98. The van der Waals surface area contributed by atoms with E-state index in [1.165, 1.54) is 36.8 Å². The molecule has 3 nitrogen and oxygen atoms in total. The Hall–Kier alpha value is -1.06. The van der Waals surface area contributed by atoms with Gasteiger partial charge in [0.15, 0.2) is 0 Å². The van der Waals surface area contributed by atoms with Gasteiger partial charge in [-0.2, -0.15) is 0 Å². The molecule has 0 bridgehead atoms. The van der Waals surface area contributed by atoms with Gasteiger partial charge in [-0.1, -0.05) is 31.9 Å². The molecule has 0 amide bonds. The van der Waals surface area contributed by atoms with Crippen molar-refractivity contribution in [1.82, 2.24) is 4.90 Å². The summed E-state index contributed by atoms with van der Waals surface area (Å²) in [5, 5.41) is 0. The van der Waals surface area contributed by atoms with Crippen molar-refractivity contribution in [2.45, 2.75) is 50.6 Å². The maximum absolute atomic E-state index is 6.78. The first kappa shape index (κ1) is 14.9. The van der Waals surface area contributed by atoms with Crippen LogP contribution in [0.2, 0.25) is 0 Å². The summed E-state index contributed by atoms with van der Waals surface area (Å²) in [6, 6.07) is 6.62. The molecular formula is C18H28N2O. The van der Waals surface area contributed by atoms with Gasteiger partial charge in [-0.15, -0.1) is 0 Å². The highest BCUT2D eigenvalue weighted by Crippen LogP contribution is 2.43. The minimum Gasteiger partial charge on any atom is -0.493 e. The van der Waals surface area contributed by atoms with E-state index in [9.17, 15) is 0 Å². The van der Waals surface area contributed by atoms with Gasteiger partial charge in [0.05, 0.1) is 6.61 Å². The van der Waals surface area contributed by atoms with Crippen LogP contribution in [-0.4, -0.2) is 31.1 Å². The van der Waals surface area contributed by atoms with Crippen LogP contribution in [0.5, 0.6) is 5.75 Å². The van der Waals surface area contributed by atoms with Gasteiger partial charge in [-0.25, -0.2) is 0 Å². The average molecular weight is 288 g/mol. The minimum absolute atomic E-state index is 0.0705. The van der Waals surface area contributed by atoms with Crippen molar-refractivity contribution >= 4 is 0 Å². The third kappa shape index (κ3) is 2.58. The van der Waals surface area contributed by atoms with Crippen molar-refractivity contribution in [3.05, 3.63) is 29.3 Å². The predicted octanol–water partition coefficient (Wildman–Crippen LogP) is 3.13. The zero-order valence-electron chi connectivity index (χ0n) is 13.6. The number of hydrogen-bond acceptors (Lipinski definition) is 3. The molecule has 3 unspecified atom stereocenters. The van der Waals surface area contributed by atoms with Crippen molar-refractivity contribution in [1.29, 1.82) is 0 Å². The molecule has 3 rings (SSSR count). The van der Waals surface area contributed by atoms with Crippen LogP contribution in [0, 0.1) is 5.92 Å². The van der Waals surface area contributed by atoms with Crippen LogP contribution >= 0.6 is 0 Å². The second-order valence-corrected chi connectivity index (χ2v) is 7.14. The number of nitrogens with two attached hydrogens (primary N) is 1. The molecule has 21 heavy (non-hydrogen) atoms. The summed E-state index contributed by atoms with van der Waals surface area (Å²) >= 11 is 0. The Morgan fingerprint density at radius 3 is 2.90 bits per heavy atom. The zero-order valence-corrected chi connectivity index (χ0v) is 13.6. The Bertz CT molecular complexity index is 514. The number of ether oxygens (including phenoxy) is 1. The molecule has 3 atom stereocenters. The molecule has 0 saturated heterocycles. The standard InChI is InChI=1S/C18H28N2O/c1-13-5-4-9-18(12-13,20(2)3)17(19)15-6-7-16-14(11-15)8-10-21-16/h6-7,11,13,17H,4-5,8-10,12,19H2,1-3H3. The molecule has 2 aliphatic rings. The molecule has 1 fully saturated rings. The van der Waals surface area contributed by atoms with E-state index in [4.69, 9.17) is 10.5 Å². The monoisotopic (exact) mass is 288 g/mol. The van der Waals surface area contributed by atoms with Crippen LogP contribution in [0.15, 0.2) is 18.2 Å². The van der Waals surface area contributed by atoms with Gasteiger partial charge in [0, 0.05) is 18.0 Å². The van der Waals surface area contributed by atoms with Crippen LogP contribution in [0.3, 0.4) is 0 Å². The second-order valence-electron chi connectivity index (χ2n) is 7.14. The summed E-state index contributed by atoms with van der Waals surface area (Å²) in [5.41, 5.74) is 9.45. The lowest BCUT2D eigenvalue weighted by molar-refractivity contribution is 0.0499. The maximum atomic E-state index is 6.78. The van der Waals surface area contributed by atoms with Crippen molar-refractivity contribution in [2.24, 2.45) is 11.7 Å². The molecule has 1 aromatic carbocycles. The molecule has 3 heteroatoms. The lowest BCUT2D eigenvalue weighted by Gasteiger charge is -2.49. The number of hydrogen-bond donors (Lipinski definition) is 1. The number of fused-ring (bicyclic) bond motifs is 1. The molecule has 0 aromatic heterocycles. The molecular weight excluding hydrogens is 260 g/mol. The van der Waals surface area contributed by atoms with Gasteiger partial charge >= 0.3 is 0 Å². The smallest absolute Gasteiger partial charge is 0.122 e. The molecule has 0 spiro atoms. The van der Waals surface area contributed by atoms with E-state index in [0.717, 1.165) is 24.7 Å². The molecule has 1 heterocycles. The van der Waals surface area contributed by atoms with E-state index >= 15 is 0 Å². The van der Waals surface area contributed by atoms with Gasteiger partial charge in [-0.05, 0) is 50.0 Å². The fourth-order valence-electron chi connectivity index (χ4n) is 4.24. The van der Waals surface area contributed by atoms with Gasteiger partial charge < -0.3 is 15.4 Å². The first-order valence-corrected chi connectivity index (χ1v) is 8.21. The normalized spacial score (nSPS) is 30.0. The van der Waals surface area contributed by atoms with E-state index in [-0.39, 0.29) is 11.6 Å². The van der Waals surface area contributed by atoms with E-state index in [1.54, 1.807) is 0 Å².